The van der Waals surface area contributed by atoms with Gasteiger partial charge in [-0.25, -0.2) is 4.39 Å². The first-order chi connectivity index (χ1) is 7.22. The van der Waals surface area contributed by atoms with Gasteiger partial charge >= 0.3 is 0 Å². The largest absolute Gasteiger partial charge is 0.385 e. The van der Waals surface area contributed by atoms with E-state index in [9.17, 15) is 4.39 Å². The standard InChI is InChI=1S/C12H13FN2/c1-2-15-11(6-7-12(15)14)9-4-3-5-10(13)8-9/h3-8H,2,14H2,1H3. The van der Waals surface area contributed by atoms with Crippen LogP contribution in [0.1, 0.15) is 6.92 Å². The molecule has 0 amide bonds. The van der Waals surface area contributed by atoms with E-state index in [4.69, 9.17) is 5.73 Å². The molecule has 2 rings (SSSR count). The molecule has 2 N–H and O–H groups in total. The SMILES string of the molecule is CCn1c(N)ccc1-c1cccc(F)c1. The van der Waals surface area contributed by atoms with Crippen LogP contribution in [0.4, 0.5) is 10.2 Å². The van der Waals surface area contributed by atoms with Crippen molar-refractivity contribution in [3.63, 3.8) is 0 Å². The Morgan fingerprint density at radius 1 is 1.27 bits per heavy atom. The number of rotatable bonds is 2. The molecule has 0 atom stereocenters. The minimum atomic E-state index is -0.227. The van der Waals surface area contributed by atoms with Crippen LogP contribution in [-0.2, 0) is 6.54 Å². The van der Waals surface area contributed by atoms with Crippen LogP contribution >= 0.6 is 0 Å². The Bertz CT molecular complexity index is 474. The van der Waals surface area contributed by atoms with E-state index in [0.29, 0.717) is 5.82 Å². The summed E-state index contributed by atoms with van der Waals surface area (Å²) in [6.45, 7) is 2.80. The molecule has 0 aliphatic rings. The van der Waals surface area contributed by atoms with E-state index in [0.717, 1.165) is 17.8 Å². The number of halogens is 1. The number of nitrogens with two attached hydrogens (primary N) is 1. The highest BCUT2D eigenvalue weighted by atomic mass is 19.1. The van der Waals surface area contributed by atoms with Crippen molar-refractivity contribution in [3.8, 4) is 11.3 Å². The summed E-state index contributed by atoms with van der Waals surface area (Å²) in [5.74, 6) is 0.478. The molecule has 0 saturated carbocycles. The summed E-state index contributed by atoms with van der Waals surface area (Å²) >= 11 is 0. The van der Waals surface area contributed by atoms with Crippen molar-refractivity contribution in [2.45, 2.75) is 13.5 Å². The van der Waals surface area contributed by atoms with Crippen molar-refractivity contribution in [1.82, 2.24) is 4.57 Å². The van der Waals surface area contributed by atoms with Gasteiger partial charge in [-0.2, -0.15) is 0 Å². The van der Waals surface area contributed by atoms with E-state index in [1.54, 1.807) is 6.07 Å². The summed E-state index contributed by atoms with van der Waals surface area (Å²) in [5, 5.41) is 0. The molecule has 2 aromatic rings. The van der Waals surface area contributed by atoms with Gasteiger partial charge in [0.1, 0.15) is 11.6 Å². The molecule has 0 saturated heterocycles. The number of nitrogen functional groups attached to an aromatic ring is 1. The van der Waals surface area contributed by atoms with Gasteiger partial charge in [0.05, 0.1) is 0 Å². The molecule has 1 aromatic carbocycles. The molecule has 3 heteroatoms. The van der Waals surface area contributed by atoms with Crippen LogP contribution in [0.15, 0.2) is 36.4 Å². The van der Waals surface area contributed by atoms with Gasteiger partial charge in [-0.1, -0.05) is 12.1 Å². The average molecular weight is 204 g/mol. The maximum atomic E-state index is 13.1. The minimum absolute atomic E-state index is 0.227. The monoisotopic (exact) mass is 204 g/mol. The maximum absolute atomic E-state index is 13.1. The summed E-state index contributed by atoms with van der Waals surface area (Å²) in [5.41, 5.74) is 7.60. The molecule has 0 fully saturated rings. The van der Waals surface area contributed by atoms with Gasteiger partial charge in [-0.3, -0.25) is 0 Å². The third-order valence-electron chi connectivity index (χ3n) is 2.45. The van der Waals surface area contributed by atoms with Crippen molar-refractivity contribution in [1.29, 1.82) is 0 Å². The molecule has 0 radical (unpaired) electrons. The summed E-state index contributed by atoms with van der Waals surface area (Å²) < 4.78 is 15.0. The van der Waals surface area contributed by atoms with Crippen molar-refractivity contribution >= 4 is 5.82 Å². The van der Waals surface area contributed by atoms with Gasteiger partial charge in [0, 0.05) is 17.8 Å². The van der Waals surface area contributed by atoms with Crippen molar-refractivity contribution in [2.75, 3.05) is 5.73 Å². The fourth-order valence-electron chi connectivity index (χ4n) is 1.74. The molecule has 78 valence electrons. The van der Waals surface area contributed by atoms with Crippen molar-refractivity contribution in [3.05, 3.63) is 42.2 Å². The number of hydrogen-bond donors (Lipinski definition) is 1. The van der Waals surface area contributed by atoms with Crippen LogP contribution in [0.5, 0.6) is 0 Å². The number of hydrogen-bond acceptors (Lipinski definition) is 1. The number of anilines is 1. The number of nitrogens with zero attached hydrogens (tertiary/aromatic N) is 1. The maximum Gasteiger partial charge on any atom is 0.123 e. The fraction of sp³-hybridized carbons (Fsp3) is 0.167. The molecule has 0 aliphatic heterocycles. The van der Waals surface area contributed by atoms with E-state index in [1.165, 1.54) is 12.1 Å². The molecule has 0 bridgehead atoms. The van der Waals surface area contributed by atoms with E-state index >= 15 is 0 Å². The molecule has 15 heavy (non-hydrogen) atoms. The molecule has 0 spiro atoms. The summed E-state index contributed by atoms with van der Waals surface area (Å²) in [6, 6.07) is 10.3. The normalized spacial score (nSPS) is 10.5. The Balaban J connectivity index is 2.54. The highest BCUT2D eigenvalue weighted by Gasteiger charge is 2.06. The third-order valence-corrected chi connectivity index (χ3v) is 2.45. The van der Waals surface area contributed by atoms with Crippen LogP contribution in [0.2, 0.25) is 0 Å². The summed E-state index contributed by atoms with van der Waals surface area (Å²) in [7, 11) is 0. The zero-order chi connectivity index (χ0) is 10.8. The quantitative estimate of drug-likeness (QED) is 0.801. The van der Waals surface area contributed by atoms with E-state index in [1.807, 2.05) is 29.7 Å². The minimum Gasteiger partial charge on any atom is -0.385 e. The van der Waals surface area contributed by atoms with Crippen molar-refractivity contribution in [2.24, 2.45) is 0 Å². The summed E-state index contributed by atoms with van der Waals surface area (Å²) in [6.07, 6.45) is 0. The van der Waals surface area contributed by atoms with Gasteiger partial charge in [-0.15, -0.1) is 0 Å². The molecule has 1 aromatic heterocycles. The lowest BCUT2D eigenvalue weighted by Gasteiger charge is -2.08. The number of aromatic nitrogens is 1. The Morgan fingerprint density at radius 3 is 2.73 bits per heavy atom. The number of benzene rings is 1. The molecule has 1 heterocycles. The highest BCUT2D eigenvalue weighted by Crippen LogP contribution is 2.24. The Labute approximate surface area is 88.1 Å². The van der Waals surface area contributed by atoms with Crippen LogP contribution in [0.25, 0.3) is 11.3 Å². The molecule has 2 nitrogen and oxygen atoms in total. The van der Waals surface area contributed by atoms with Gasteiger partial charge in [-0.05, 0) is 31.2 Å². The first-order valence-corrected chi connectivity index (χ1v) is 4.93. The first-order valence-electron chi connectivity index (χ1n) is 4.93. The van der Waals surface area contributed by atoms with Gasteiger partial charge in [0.2, 0.25) is 0 Å². The second-order valence-corrected chi connectivity index (χ2v) is 3.40. The molecule has 0 aliphatic carbocycles. The summed E-state index contributed by atoms with van der Waals surface area (Å²) in [4.78, 5) is 0. The second-order valence-electron chi connectivity index (χ2n) is 3.40. The van der Waals surface area contributed by atoms with Crippen LogP contribution in [0, 0.1) is 5.82 Å². The lowest BCUT2D eigenvalue weighted by molar-refractivity contribution is 0.628. The van der Waals surface area contributed by atoms with E-state index in [-0.39, 0.29) is 5.82 Å². The van der Waals surface area contributed by atoms with Crippen LogP contribution < -0.4 is 5.73 Å². The average Bonchev–Trinajstić information content (AvgIpc) is 2.59. The van der Waals surface area contributed by atoms with Gasteiger partial charge in [0.15, 0.2) is 0 Å². The van der Waals surface area contributed by atoms with Gasteiger partial charge in [0.25, 0.3) is 0 Å². The third kappa shape index (κ3) is 1.73. The lowest BCUT2D eigenvalue weighted by atomic mass is 10.1. The smallest absolute Gasteiger partial charge is 0.123 e. The van der Waals surface area contributed by atoms with Crippen LogP contribution in [0.3, 0.4) is 0 Å². The molecule has 0 unspecified atom stereocenters. The fourth-order valence-corrected chi connectivity index (χ4v) is 1.74. The second kappa shape index (κ2) is 3.77. The Kier molecular flexibility index (Phi) is 2.46. The van der Waals surface area contributed by atoms with Crippen molar-refractivity contribution < 1.29 is 4.39 Å². The first kappa shape index (κ1) is 9.77. The topological polar surface area (TPSA) is 30.9 Å². The zero-order valence-corrected chi connectivity index (χ0v) is 8.57. The Morgan fingerprint density at radius 2 is 2.07 bits per heavy atom. The zero-order valence-electron chi connectivity index (χ0n) is 8.57. The Hall–Kier alpha value is -1.77. The predicted molar refractivity (Wildman–Crippen MR) is 59.9 cm³/mol. The van der Waals surface area contributed by atoms with Gasteiger partial charge < -0.3 is 10.3 Å². The highest BCUT2D eigenvalue weighted by molar-refractivity contribution is 5.63. The lowest BCUT2D eigenvalue weighted by Crippen LogP contribution is -2.01. The molecular formula is C12H13FN2. The van der Waals surface area contributed by atoms with E-state index < -0.39 is 0 Å². The predicted octanol–water partition coefficient (Wildman–Crippen LogP) is 2.90. The van der Waals surface area contributed by atoms with E-state index in [2.05, 4.69) is 0 Å². The molecular weight excluding hydrogens is 191 g/mol. The van der Waals surface area contributed by atoms with Crippen LogP contribution in [-0.4, -0.2) is 4.57 Å².